The zero-order valence-corrected chi connectivity index (χ0v) is 27.1. The van der Waals surface area contributed by atoms with Crippen molar-refractivity contribution in [2.24, 2.45) is 0 Å². The van der Waals surface area contributed by atoms with Gasteiger partial charge in [0, 0.05) is 36.8 Å². The van der Waals surface area contributed by atoms with Crippen LogP contribution in [-0.2, 0) is 37.2 Å². The van der Waals surface area contributed by atoms with Gasteiger partial charge in [0.2, 0.25) is 5.91 Å². The van der Waals surface area contributed by atoms with Crippen molar-refractivity contribution in [3.8, 4) is 5.75 Å². The summed E-state index contributed by atoms with van der Waals surface area (Å²) in [4.78, 5) is 25.2. The topological polar surface area (TPSA) is 131 Å². The molecule has 2 atom stereocenters. The minimum Gasteiger partial charge on any atom is -0.508 e. The predicted molar refractivity (Wildman–Crippen MR) is 181 cm³/mol. The molecule has 0 aliphatic heterocycles. The second-order valence-corrected chi connectivity index (χ2v) is 12.1. The molecule has 0 radical (unpaired) electrons. The summed E-state index contributed by atoms with van der Waals surface area (Å²) in [5.41, 5.74) is 5.36. The highest BCUT2D eigenvalue weighted by atomic mass is 35.5. The molecular weight excluding hydrogens is 625 g/mol. The molecule has 2 amide bonds. The number of halogens is 2. The zero-order valence-electron chi connectivity index (χ0n) is 25.6. The van der Waals surface area contributed by atoms with Crippen LogP contribution in [-0.4, -0.2) is 46.3 Å². The van der Waals surface area contributed by atoms with Crippen LogP contribution >= 0.6 is 23.2 Å². The number of benzene rings is 4. The van der Waals surface area contributed by atoms with Crippen molar-refractivity contribution in [2.75, 3.05) is 13.1 Å². The van der Waals surface area contributed by atoms with Crippen LogP contribution < -0.4 is 16.0 Å². The van der Waals surface area contributed by atoms with E-state index in [1.807, 2.05) is 49.4 Å². The molecule has 0 saturated heterocycles. The van der Waals surface area contributed by atoms with E-state index >= 15 is 0 Å². The summed E-state index contributed by atoms with van der Waals surface area (Å²) in [6.45, 7) is 2.84. The average Bonchev–Trinajstić information content (AvgIpc) is 3.05. The van der Waals surface area contributed by atoms with Crippen molar-refractivity contribution in [3.63, 3.8) is 0 Å². The largest absolute Gasteiger partial charge is 0.508 e. The van der Waals surface area contributed by atoms with Gasteiger partial charge in [0.05, 0.1) is 29.2 Å². The minimum absolute atomic E-state index is 0.00173. The molecule has 0 unspecified atom stereocenters. The highest BCUT2D eigenvalue weighted by Crippen LogP contribution is 2.23. The number of aromatic hydroxyl groups is 1. The first-order valence-electron chi connectivity index (χ1n) is 15.1. The van der Waals surface area contributed by atoms with Crippen molar-refractivity contribution in [1.29, 1.82) is 0 Å². The fourth-order valence-electron chi connectivity index (χ4n) is 5.00. The molecule has 10 heteroatoms. The lowest BCUT2D eigenvalue weighted by atomic mass is 10.0. The Morgan fingerprint density at radius 1 is 0.826 bits per heavy atom. The number of nitrogens with one attached hydrogen (secondary N) is 3. The van der Waals surface area contributed by atoms with Crippen LogP contribution in [0.1, 0.15) is 56.8 Å². The Bertz CT molecular complexity index is 1630. The van der Waals surface area contributed by atoms with Gasteiger partial charge in [-0.25, -0.2) is 0 Å². The number of aliphatic hydroxyl groups is 2. The zero-order chi connectivity index (χ0) is 33.1. The van der Waals surface area contributed by atoms with Gasteiger partial charge in [0.25, 0.3) is 5.91 Å². The van der Waals surface area contributed by atoms with E-state index in [1.165, 1.54) is 6.07 Å². The van der Waals surface area contributed by atoms with E-state index in [4.69, 9.17) is 23.2 Å². The van der Waals surface area contributed by atoms with Crippen LogP contribution in [0.15, 0.2) is 84.9 Å². The summed E-state index contributed by atoms with van der Waals surface area (Å²) in [7, 11) is 0. The molecule has 4 aromatic rings. The second kappa shape index (κ2) is 17.1. The van der Waals surface area contributed by atoms with Gasteiger partial charge in [0.15, 0.2) is 0 Å². The van der Waals surface area contributed by atoms with E-state index in [9.17, 15) is 24.9 Å². The third kappa shape index (κ3) is 10.6. The Morgan fingerprint density at radius 3 is 2.30 bits per heavy atom. The first kappa shape index (κ1) is 34.9. The number of hydrogen-bond donors (Lipinski definition) is 6. The molecule has 0 spiro atoms. The number of rotatable bonds is 15. The van der Waals surface area contributed by atoms with E-state index in [2.05, 4.69) is 16.0 Å². The van der Waals surface area contributed by atoms with Crippen LogP contribution in [0.2, 0.25) is 10.0 Å². The van der Waals surface area contributed by atoms with Gasteiger partial charge in [0.1, 0.15) is 5.75 Å². The van der Waals surface area contributed by atoms with Gasteiger partial charge in [-0.05, 0) is 84.0 Å². The van der Waals surface area contributed by atoms with Crippen molar-refractivity contribution in [2.45, 2.75) is 51.5 Å². The molecule has 0 aliphatic carbocycles. The van der Waals surface area contributed by atoms with Crippen molar-refractivity contribution < 1.29 is 24.9 Å². The number of phenols is 1. The van der Waals surface area contributed by atoms with Crippen molar-refractivity contribution in [3.05, 3.63) is 134 Å². The van der Waals surface area contributed by atoms with Gasteiger partial charge in [-0.1, -0.05) is 71.7 Å². The number of amides is 2. The number of hydrogen-bond acceptors (Lipinski definition) is 6. The van der Waals surface area contributed by atoms with Crippen LogP contribution in [0, 0.1) is 0 Å². The van der Waals surface area contributed by atoms with E-state index in [0.717, 1.165) is 22.3 Å². The summed E-state index contributed by atoms with van der Waals surface area (Å²) in [6, 6.07) is 25.2. The number of aliphatic hydroxyl groups excluding tert-OH is 2. The van der Waals surface area contributed by atoms with Gasteiger partial charge < -0.3 is 31.3 Å². The fraction of sp³-hybridized carbons (Fsp3) is 0.278. The first-order chi connectivity index (χ1) is 22.1. The van der Waals surface area contributed by atoms with Crippen LogP contribution in [0.3, 0.4) is 0 Å². The highest BCUT2D eigenvalue weighted by Gasteiger charge is 2.13. The van der Waals surface area contributed by atoms with E-state index < -0.39 is 6.10 Å². The van der Waals surface area contributed by atoms with Gasteiger partial charge in [-0.3, -0.25) is 9.59 Å². The molecule has 0 bridgehead atoms. The minimum atomic E-state index is -0.789. The smallest absolute Gasteiger partial charge is 0.251 e. The lowest BCUT2D eigenvalue weighted by Crippen LogP contribution is -2.32. The number of carbonyl (C=O) groups excluding carboxylic acids is 2. The van der Waals surface area contributed by atoms with E-state index in [-0.39, 0.29) is 36.6 Å². The molecule has 0 aromatic heterocycles. The maximum Gasteiger partial charge on any atom is 0.251 e. The molecule has 0 aliphatic rings. The highest BCUT2D eigenvalue weighted by molar-refractivity contribution is 6.42. The van der Waals surface area contributed by atoms with Gasteiger partial charge >= 0.3 is 0 Å². The third-order valence-corrected chi connectivity index (χ3v) is 8.34. The molecule has 6 N–H and O–H groups in total. The monoisotopic (exact) mass is 663 g/mol. The molecule has 242 valence electrons. The fourth-order valence-corrected chi connectivity index (χ4v) is 5.32. The van der Waals surface area contributed by atoms with E-state index in [0.29, 0.717) is 59.2 Å². The number of carbonyl (C=O) groups is 2. The SMILES string of the molecule is C[C@H](Cc1cccc(CC(=O)NCc2ccc(C(=O)NCCc3ccc(Cl)c(Cl)c3)cc2)c1)NC[C@@H](O)c1ccc(O)c(CO)c1. The standard InChI is InChI=1S/C36H39Cl2N3O5/c1-23(40-21-34(44)29-10-12-33(43)30(19-29)22-42)15-26-3-2-4-27(16-26)18-35(45)41-20-25-5-8-28(9-6-25)36(46)39-14-13-24-7-11-31(37)32(38)17-24/h2-12,16-17,19,23,34,40,42-44H,13-15,18,20-22H2,1H3,(H,39,46)(H,41,45)/t23-,34-/m1/s1. The summed E-state index contributed by atoms with van der Waals surface area (Å²) >= 11 is 12.0. The molecule has 0 heterocycles. The summed E-state index contributed by atoms with van der Waals surface area (Å²) < 4.78 is 0. The summed E-state index contributed by atoms with van der Waals surface area (Å²) in [6.07, 6.45) is 0.782. The molecule has 0 saturated carbocycles. The maximum absolute atomic E-state index is 12.7. The Balaban J connectivity index is 1.18. The Morgan fingerprint density at radius 2 is 1.57 bits per heavy atom. The Labute approximate surface area is 279 Å². The maximum atomic E-state index is 12.7. The molecule has 46 heavy (non-hydrogen) atoms. The first-order valence-corrected chi connectivity index (χ1v) is 15.9. The summed E-state index contributed by atoms with van der Waals surface area (Å²) in [5.74, 6) is -0.282. The van der Waals surface area contributed by atoms with Gasteiger partial charge in [-0.2, -0.15) is 0 Å². The Hall–Kier alpha value is -3.92. The molecule has 4 aromatic carbocycles. The van der Waals surface area contributed by atoms with Crippen molar-refractivity contribution >= 4 is 35.0 Å². The van der Waals surface area contributed by atoms with Crippen LogP contribution in [0.25, 0.3) is 0 Å². The van der Waals surface area contributed by atoms with Crippen LogP contribution in [0.5, 0.6) is 5.75 Å². The Kier molecular flexibility index (Phi) is 13.0. The quantitative estimate of drug-likeness (QED) is 0.103. The van der Waals surface area contributed by atoms with Crippen molar-refractivity contribution in [1.82, 2.24) is 16.0 Å². The van der Waals surface area contributed by atoms with Gasteiger partial charge in [-0.15, -0.1) is 0 Å². The lowest BCUT2D eigenvalue weighted by molar-refractivity contribution is -0.120. The molecular formula is C36H39Cl2N3O5. The predicted octanol–water partition coefficient (Wildman–Crippen LogP) is 5.28. The summed E-state index contributed by atoms with van der Waals surface area (Å²) in [5, 5.41) is 39.8. The second-order valence-electron chi connectivity index (χ2n) is 11.3. The van der Waals surface area contributed by atoms with E-state index in [1.54, 1.807) is 36.4 Å². The molecule has 8 nitrogen and oxygen atoms in total. The average molecular weight is 665 g/mol. The normalized spacial score (nSPS) is 12.4. The van der Waals surface area contributed by atoms with Crippen LogP contribution in [0.4, 0.5) is 0 Å². The third-order valence-electron chi connectivity index (χ3n) is 7.61. The lowest BCUT2D eigenvalue weighted by Gasteiger charge is -2.18. The molecule has 4 rings (SSSR count). The molecule has 0 fully saturated rings.